The zero-order chi connectivity index (χ0) is 101. The number of anilines is 9. The SMILES string of the molecule is CC(C)(C)c1ccc2c(c1)c1cc(C(C)(C)C)ccc1n2-c1ccc(-c2ccc(N(c3ccc(-c4ccccc4)cc3)c3ccc(-c4ccc5c(c4)c4c6ccccc6ccc4n5-c4ccc(CO)cc4)cc3)c3nsnc23)cc1.CC(C)(C)c1ccc2c(c1)c1cc(C(C)(C)C)ccc1n2-c1ccc(-c2ccc(N(c3ccc(-c4ccccc4)cc3)c3ccc(N4c5ccccc5Oc5ccccc54)cc3)c3nsnc23)cc1. The van der Waals surface area contributed by atoms with Crippen LogP contribution in [0.25, 0.3) is 171 Å². The normalized spacial score (nSPS) is 12.4. The minimum atomic E-state index is 0.0107. The highest BCUT2D eigenvalue weighted by Gasteiger charge is 2.31. The van der Waals surface area contributed by atoms with Crippen LogP contribution >= 0.6 is 23.5 Å². The van der Waals surface area contributed by atoms with E-state index in [0.29, 0.717) is 0 Å². The molecule has 5 aromatic heterocycles. The van der Waals surface area contributed by atoms with Crippen LogP contribution in [0.5, 0.6) is 11.5 Å². The van der Waals surface area contributed by atoms with Crippen molar-refractivity contribution < 1.29 is 9.84 Å². The number of rotatable bonds is 16. The Hall–Kier alpha value is -17.1. The molecule has 0 bridgehead atoms. The molecule has 0 amide bonds. The Bertz CT molecular complexity index is 9280. The zero-order valence-corrected chi connectivity index (χ0v) is 87.0. The highest BCUT2D eigenvalue weighted by molar-refractivity contribution is 7.00. The van der Waals surface area contributed by atoms with Gasteiger partial charge in [-0.2, -0.15) is 17.5 Å². The number of hydrogen-bond acceptors (Lipinski definition) is 11. The summed E-state index contributed by atoms with van der Waals surface area (Å²) in [6, 6.07) is 156. The Balaban J connectivity index is 0.000000156. The highest BCUT2D eigenvalue weighted by Crippen LogP contribution is 2.54. The molecular formula is C135H110N10O2S2. The summed E-state index contributed by atoms with van der Waals surface area (Å²) in [5.41, 5.74) is 40.3. The van der Waals surface area contributed by atoms with Gasteiger partial charge in [0.15, 0.2) is 11.5 Å². The van der Waals surface area contributed by atoms with Gasteiger partial charge in [0.1, 0.15) is 22.1 Å². The average molecular weight is 1970 g/mol. The fourth-order valence-electron chi connectivity index (χ4n) is 21.8. The third-order valence-corrected chi connectivity index (χ3v) is 30.9. The van der Waals surface area contributed by atoms with Crippen LogP contribution in [0.3, 0.4) is 0 Å². The van der Waals surface area contributed by atoms with E-state index in [4.69, 9.17) is 22.2 Å². The van der Waals surface area contributed by atoms with Gasteiger partial charge in [-0.3, -0.25) is 0 Å². The molecule has 26 rings (SSSR count). The van der Waals surface area contributed by atoms with E-state index in [1.807, 2.05) is 36.4 Å². The van der Waals surface area contributed by atoms with Crippen LogP contribution in [-0.2, 0) is 28.3 Å². The van der Waals surface area contributed by atoms with Crippen molar-refractivity contribution in [3.05, 3.63) is 459 Å². The number of nitrogens with zero attached hydrogens (tertiary/aromatic N) is 10. The van der Waals surface area contributed by atoms with Gasteiger partial charge in [0, 0.05) is 88.9 Å². The Morgan fingerprint density at radius 1 is 0.255 bits per heavy atom. The van der Waals surface area contributed by atoms with Gasteiger partial charge < -0.3 is 38.2 Å². The molecule has 12 nitrogen and oxygen atoms in total. The smallest absolute Gasteiger partial charge is 0.151 e. The Morgan fingerprint density at radius 2 is 0.570 bits per heavy atom. The van der Waals surface area contributed by atoms with Gasteiger partial charge in [0.2, 0.25) is 0 Å². The lowest BCUT2D eigenvalue weighted by atomic mass is 9.85. The first-order valence-electron chi connectivity index (χ1n) is 51.2. The standard InChI is InChI=1S/C73H59N5OS.C62H51N5OS/c1-72(2,3)53-26-39-64-61(43-53)62-44-54(73(4,5)6)27-40-65(62)77(64)58-34-22-51(23-35-58)60-36-41-68(71-70(60)74-80-75-71)76(55-30-18-48(19-31-55)47-12-8-7-9-13-47)56-32-20-49(21-33-56)52-25-37-66-63(42-52)69-59-15-11-10-14-50(59)24-38-67(69)78(66)57-28-16-46(45-79)17-29-57;1-61(2,3)43-24-35-52-50(38-43)51-39-44(62(4,5)6)25-36-53(51)66(52)47-28-22-42(23-29-47)49-34-37-56(60-59(49)63-69-64-60)65(45-26-20-41(21-27-45)40-14-8-7-9-15-40)46-30-32-48(33-31-46)67-54-16-10-12-18-57(54)68-58-19-13-11-17-55(58)67/h7-44,79H,45H2,1-6H3;7-39H,1-6H3. The van der Waals surface area contributed by atoms with Crippen molar-refractivity contribution in [2.24, 2.45) is 0 Å². The van der Waals surface area contributed by atoms with Crippen LogP contribution in [0.2, 0.25) is 0 Å². The molecule has 0 fully saturated rings. The summed E-state index contributed by atoms with van der Waals surface area (Å²) in [4.78, 5) is 6.89. The second-order valence-electron chi connectivity index (χ2n) is 43.4. The first-order valence-corrected chi connectivity index (χ1v) is 52.7. The van der Waals surface area contributed by atoms with Crippen molar-refractivity contribution in [2.45, 2.75) is 111 Å². The number of fused-ring (bicyclic) bond motifs is 15. The van der Waals surface area contributed by atoms with E-state index in [9.17, 15) is 5.11 Å². The van der Waals surface area contributed by atoms with Crippen LogP contribution in [0.15, 0.2) is 431 Å². The molecule has 149 heavy (non-hydrogen) atoms. The first kappa shape index (κ1) is 93.0. The minimum absolute atomic E-state index is 0.0107. The number of aromatic nitrogens is 7. The lowest BCUT2D eigenvalue weighted by molar-refractivity contribution is 0.282. The summed E-state index contributed by atoms with van der Waals surface area (Å²) in [5, 5.41) is 19.8. The zero-order valence-electron chi connectivity index (χ0n) is 85.3. The predicted molar refractivity (Wildman–Crippen MR) is 627 cm³/mol. The van der Waals surface area contributed by atoms with Crippen LogP contribution in [0.1, 0.15) is 111 Å². The van der Waals surface area contributed by atoms with Gasteiger partial charge in [-0.05, 0) is 317 Å². The number of hydrogen-bond donors (Lipinski definition) is 1. The molecule has 0 atom stereocenters. The van der Waals surface area contributed by atoms with Crippen molar-refractivity contribution >= 4 is 173 Å². The van der Waals surface area contributed by atoms with Crippen LogP contribution in [0.4, 0.5) is 51.2 Å². The molecule has 14 heteroatoms. The molecule has 0 saturated carbocycles. The van der Waals surface area contributed by atoms with Crippen LogP contribution in [-0.4, -0.2) is 36.3 Å². The van der Waals surface area contributed by atoms with Gasteiger partial charge in [0.05, 0.1) is 85.9 Å². The molecule has 0 aliphatic carbocycles. The van der Waals surface area contributed by atoms with Crippen molar-refractivity contribution in [3.8, 4) is 84.2 Å². The summed E-state index contributed by atoms with van der Waals surface area (Å²) in [7, 11) is 0. The monoisotopic (exact) mass is 1970 g/mol. The fourth-order valence-corrected chi connectivity index (χ4v) is 23.0. The van der Waals surface area contributed by atoms with E-state index in [1.165, 1.54) is 122 Å². The van der Waals surface area contributed by atoms with Crippen LogP contribution in [0, 0.1) is 0 Å². The lowest BCUT2D eigenvalue weighted by Crippen LogP contribution is -2.16. The number of ether oxygens (including phenoxy) is 1. The quantitative estimate of drug-likeness (QED) is 0.101. The summed E-state index contributed by atoms with van der Waals surface area (Å²) in [5.74, 6) is 1.65. The molecule has 6 heterocycles. The highest BCUT2D eigenvalue weighted by atomic mass is 32.1. The van der Waals surface area contributed by atoms with Gasteiger partial charge in [0.25, 0.3) is 0 Å². The van der Waals surface area contributed by atoms with E-state index in [2.05, 4.69) is 506 Å². The second kappa shape index (κ2) is 36.8. The van der Waals surface area contributed by atoms with Gasteiger partial charge in [-0.1, -0.05) is 301 Å². The maximum absolute atomic E-state index is 9.85. The molecule has 20 aromatic carbocycles. The molecule has 0 saturated heterocycles. The van der Waals surface area contributed by atoms with Crippen molar-refractivity contribution in [1.29, 1.82) is 0 Å². The van der Waals surface area contributed by atoms with E-state index in [0.717, 1.165) is 163 Å². The van der Waals surface area contributed by atoms with Gasteiger partial charge in [-0.25, -0.2) is 0 Å². The molecule has 724 valence electrons. The van der Waals surface area contributed by atoms with Crippen molar-refractivity contribution in [3.63, 3.8) is 0 Å². The number of aliphatic hydroxyl groups excluding tert-OH is 1. The largest absolute Gasteiger partial charge is 0.453 e. The first-order chi connectivity index (χ1) is 72.3. The molecule has 1 aliphatic rings. The van der Waals surface area contributed by atoms with Crippen molar-refractivity contribution in [1.82, 2.24) is 31.2 Å². The summed E-state index contributed by atoms with van der Waals surface area (Å²) in [6.07, 6.45) is 0. The number of para-hydroxylation sites is 4. The molecule has 25 aromatic rings. The lowest BCUT2D eigenvalue weighted by Gasteiger charge is -2.33. The van der Waals surface area contributed by atoms with Crippen LogP contribution < -0.4 is 19.4 Å². The Labute approximate surface area is 876 Å². The Kier molecular flexibility index (Phi) is 23.0. The average Bonchev–Trinajstić information content (AvgIpc) is 1.60. The second-order valence-corrected chi connectivity index (χ2v) is 44.4. The number of aliphatic hydroxyl groups is 1. The molecule has 0 spiro atoms. The van der Waals surface area contributed by atoms with Gasteiger partial charge >= 0.3 is 0 Å². The molecular weight excluding hydrogens is 1860 g/mol. The summed E-state index contributed by atoms with van der Waals surface area (Å²) in [6.45, 7) is 27.5. The number of benzene rings is 20. The van der Waals surface area contributed by atoms with E-state index in [-0.39, 0.29) is 28.3 Å². The summed E-state index contributed by atoms with van der Waals surface area (Å²) < 4.78 is 33.6. The predicted octanol–water partition coefficient (Wildman–Crippen LogP) is 37.4. The molecule has 0 unspecified atom stereocenters. The molecule has 0 radical (unpaired) electrons. The van der Waals surface area contributed by atoms with Gasteiger partial charge in [-0.15, -0.1) is 0 Å². The van der Waals surface area contributed by atoms with E-state index in [1.54, 1.807) is 0 Å². The molecule has 1 aliphatic heterocycles. The summed E-state index contributed by atoms with van der Waals surface area (Å²) >= 11 is 2.51. The third-order valence-electron chi connectivity index (χ3n) is 29.9. The maximum Gasteiger partial charge on any atom is 0.151 e. The Morgan fingerprint density at radius 3 is 0.980 bits per heavy atom. The minimum Gasteiger partial charge on any atom is -0.453 e. The van der Waals surface area contributed by atoms with E-state index >= 15 is 0 Å². The van der Waals surface area contributed by atoms with Crippen molar-refractivity contribution in [2.75, 3.05) is 14.7 Å². The third kappa shape index (κ3) is 16.8. The van der Waals surface area contributed by atoms with E-state index < -0.39 is 0 Å². The molecule has 1 N–H and O–H groups in total. The maximum atomic E-state index is 9.85. The fraction of sp³-hybridized carbons (Fsp3) is 0.126. The topological polar surface area (TPSA) is 106 Å².